The summed E-state index contributed by atoms with van der Waals surface area (Å²) in [6, 6.07) is 5.97. The van der Waals surface area contributed by atoms with Gasteiger partial charge in [-0.25, -0.2) is 0 Å². The molecule has 0 spiro atoms. The van der Waals surface area contributed by atoms with Gasteiger partial charge in [-0.1, -0.05) is 12.1 Å². The highest BCUT2D eigenvalue weighted by atomic mass is 16.5. The van der Waals surface area contributed by atoms with Crippen LogP contribution < -0.4 is 10.5 Å². The lowest BCUT2D eigenvalue weighted by molar-refractivity contribution is 0.155. The molecule has 90 valence electrons. The van der Waals surface area contributed by atoms with Gasteiger partial charge in [-0.3, -0.25) is 0 Å². The number of nitrogens with two attached hydrogens (primary N) is 1. The van der Waals surface area contributed by atoms with Crippen molar-refractivity contribution in [2.75, 3.05) is 6.61 Å². The summed E-state index contributed by atoms with van der Waals surface area (Å²) < 4.78 is 5.65. The van der Waals surface area contributed by atoms with Crippen LogP contribution in [-0.2, 0) is 0 Å². The number of aliphatic hydroxyl groups is 1. The van der Waals surface area contributed by atoms with Crippen LogP contribution in [0.1, 0.15) is 37.4 Å². The molecule has 0 heterocycles. The van der Waals surface area contributed by atoms with Gasteiger partial charge in [0, 0.05) is 18.0 Å². The minimum atomic E-state index is -0.330. The minimum Gasteiger partial charge on any atom is -0.493 e. The lowest BCUT2D eigenvalue weighted by Gasteiger charge is -2.15. The molecule has 0 aromatic heterocycles. The molecule has 0 aliphatic heterocycles. The molecule has 0 aliphatic carbocycles. The monoisotopic (exact) mass is 223 g/mol. The molecular formula is C13H21NO2. The molecule has 1 rings (SSSR count). The Balaban J connectivity index is 2.72. The van der Waals surface area contributed by atoms with Crippen LogP contribution in [0, 0.1) is 6.92 Å². The fourth-order valence-electron chi connectivity index (χ4n) is 1.48. The van der Waals surface area contributed by atoms with Crippen LogP contribution in [0.15, 0.2) is 18.2 Å². The van der Waals surface area contributed by atoms with Gasteiger partial charge in [-0.2, -0.15) is 0 Å². The van der Waals surface area contributed by atoms with Crippen LogP contribution in [-0.4, -0.2) is 17.8 Å². The Hall–Kier alpha value is -1.06. The highest BCUT2D eigenvalue weighted by Gasteiger charge is 2.08. The van der Waals surface area contributed by atoms with Crippen LogP contribution in [0.3, 0.4) is 0 Å². The Morgan fingerprint density at radius 1 is 1.38 bits per heavy atom. The zero-order valence-corrected chi connectivity index (χ0v) is 10.2. The average molecular weight is 223 g/mol. The Kier molecular flexibility index (Phi) is 4.77. The summed E-state index contributed by atoms with van der Waals surface area (Å²) in [5.41, 5.74) is 8.03. The summed E-state index contributed by atoms with van der Waals surface area (Å²) >= 11 is 0. The number of hydrogen-bond acceptors (Lipinski definition) is 3. The highest BCUT2D eigenvalue weighted by Crippen LogP contribution is 2.25. The summed E-state index contributed by atoms with van der Waals surface area (Å²) in [6.07, 6.45) is 0.301. The van der Waals surface area contributed by atoms with Crippen molar-refractivity contribution in [3.8, 4) is 5.75 Å². The predicted octanol–water partition coefficient (Wildman–Crippen LogP) is 2.16. The van der Waals surface area contributed by atoms with Crippen molar-refractivity contribution in [3.05, 3.63) is 29.3 Å². The lowest BCUT2D eigenvalue weighted by Crippen LogP contribution is -2.11. The predicted molar refractivity (Wildman–Crippen MR) is 65.6 cm³/mol. The summed E-state index contributed by atoms with van der Waals surface area (Å²) in [7, 11) is 0. The number of aryl methyl sites for hydroxylation is 1. The van der Waals surface area contributed by atoms with Crippen molar-refractivity contribution >= 4 is 0 Å². The van der Waals surface area contributed by atoms with E-state index in [0.717, 1.165) is 16.9 Å². The van der Waals surface area contributed by atoms with Crippen molar-refractivity contribution in [2.24, 2.45) is 5.73 Å². The molecule has 0 amide bonds. The third-order valence-electron chi connectivity index (χ3n) is 2.45. The Morgan fingerprint density at radius 2 is 2.06 bits per heavy atom. The van der Waals surface area contributed by atoms with Gasteiger partial charge in [0.1, 0.15) is 5.75 Å². The Labute approximate surface area is 97.2 Å². The molecule has 1 aromatic rings. The van der Waals surface area contributed by atoms with Crippen LogP contribution >= 0.6 is 0 Å². The molecule has 16 heavy (non-hydrogen) atoms. The third-order valence-corrected chi connectivity index (χ3v) is 2.45. The van der Waals surface area contributed by atoms with Crippen LogP contribution in [0.4, 0.5) is 0 Å². The van der Waals surface area contributed by atoms with E-state index in [1.165, 1.54) is 0 Å². The molecule has 0 aliphatic rings. The summed E-state index contributed by atoms with van der Waals surface area (Å²) in [4.78, 5) is 0. The zero-order valence-electron chi connectivity index (χ0n) is 10.2. The number of rotatable bonds is 5. The normalized spacial score (nSPS) is 14.6. The van der Waals surface area contributed by atoms with Crippen molar-refractivity contribution in [1.82, 2.24) is 0 Å². The Bertz CT molecular complexity index is 335. The fourth-order valence-corrected chi connectivity index (χ4v) is 1.48. The van der Waals surface area contributed by atoms with Crippen molar-refractivity contribution in [3.63, 3.8) is 0 Å². The van der Waals surface area contributed by atoms with Crippen molar-refractivity contribution < 1.29 is 9.84 Å². The average Bonchev–Trinajstić information content (AvgIpc) is 2.16. The largest absolute Gasteiger partial charge is 0.493 e. The number of hydrogen-bond donors (Lipinski definition) is 2. The molecule has 3 N–H and O–H groups in total. The van der Waals surface area contributed by atoms with Gasteiger partial charge in [-0.05, 0) is 32.4 Å². The van der Waals surface area contributed by atoms with E-state index < -0.39 is 0 Å². The smallest absolute Gasteiger partial charge is 0.124 e. The molecule has 1 aromatic carbocycles. The van der Waals surface area contributed by atoms with Gasteiger partial charge in [0.15, 0.2) is 0 Å². The molecule has 1 unspecified atom stereocenters. The van der Waals surface area contributed by atoms with Gasteiger partial charge >= 0.3 is 0 Å². The maximum absolute atomic E-state index is 9.16. The van der Waals surface area contributed by atoms with E-state index in [9.17, 15) is 0 Å². The van der Waals surface area contributed by atoms with Crippen molar-refractivity contribution in [2.45, 2.75) is 39.3 Å². The Morgan fingerprint density at radius 3 is 2.62 bits per heavy atom. The number of ether oxygens (including phenoxy) is 1. The van der Waals surface area contributed by atoms with Gasteiger partial charge in [-0.15, -0.1) is 0 Å². The van der Waals surface area contributed by atoms with E-state index in [0.29, 0.717) is 13.0 Å². The van der Waals surface area contributed by atoms with Crippen LogP contribution in [0.25, 0.3) is 0 Å². The second-order valence-electron chi connectivity index (χ2n) is 4.32. The first-order valence-corrected chi connectivity index (χ1v) is 5.67. The molecule has 3 heteroatoms. The van der Waals surface area contributed by atoms with E-state index in [4.69, 9.17) is 15.6 Å². The molecule has 0 fully saturated rings. The summed E-state index contributed by atoms with van der Waals surface area (Å²) in [5, 5.41) is 9.16. The van der Waals surface area contributed by atoms with E-state index in [2.05, 4.69) is 0 Å². The SMILES string of the molecule is Cc1ccc([C@H](C)N)c(OCCC(C)O)c1. The summed E-state index contributed by atoms with van der Waals surface area (Å²) in [5.74, 6) is 0.829. The maximum Gasteiger partial charge on any atom is 0.124 e. The topological polar surface area (TPSA) is 55.5 Å². The maximum atomic E-state index is 9.16. The van der Waals surface area contributed by atoms with Crippen LogP contribution in [0.2, 0.25) is 0 Å². The van der Waals surface area contributed by atoms with Gasteiger partial charge in [0.2, 0.25) is 0 Å². The molecule has 0 saturated carbocycles. The molecular weight excluding hydrogens is 202 g/mol. The second-order valence-corrected chi connectivity index (χ2v) is 4.32. The number of aliphatic hydroxyl groups excluding tert-OH is 1. The molecule has 0 bridgehead atoms. The zero-order chi connectivity index (χ0) is 12.1. The standard InChI is InChI=1S/C13H21NO2/c1-9-4-5-12(11(3)14)13(8-9)16-7-6-10(2)15/h4-5,8,10-11,15H,6-7,14H2,1-3H3/t10?,11-/m0/s1. The van der Waals surface area contributed by atoms with E-state index >= 15 is 0 Å². The minimum absolute atomic E-state index is 0.0397. The van der Waals surface area contributed by atoms with Crippen LogP contribution in [0.5, 0.6) is 5.75 Å². The lowest BCUT2D eigenvalue weighted by atomic mass is 10.1. The molecule has 0 saturated heterocycles. The van der Waals surface area contributed by atoms with Gasteiger partial charge in [0.05, 0.1) is 12.7 Å². The number of benzene rings is 1. The van der Waals surface area contributed by atoms with Gasteiger partial charge in [0.25, 0.3) is 0 Å². The quantitative estimate of drug-likeness (QED) is 0.804. The first-order valence-electron chi connectivity index (χ1n) is 5.67. The first-order chi connectivity index (χ1) is 7.50. The third kappa shape index (κ3) is 3.83. The highest BCUT2D eigenvalue weighted by molar-refractivity contribution is 5.38. The molecule has 3 nitrogen and oxygen atoms in total. The van der Waals surface area contributed by atoms with E-state index in [-0.39, 0.29) is 12.1 Å². The van der Waals surface area contributed by atoms with Crippen molar-refractivity contribution in [1.29, 1.82) is 0 Å². The van der Waals surface area contributed by atoms with E-state index in [1.807, 2.05) is 32.0 Å². The second kappa shape index (κ2) is 5.87. The van der Waals surface area contributed by atoms with E-state index in [1.54, 1.807) is 6.92 Å². The molecule has 2 atom stereocenters. The molecule has 0 radical (unpaired) electrons. The van der Waals surface area contributed by atoms with Gasteiger partial charge < -0.3 is 15.6 Å². The summed E-state index contributed by atoms with van der Waals surface area (Å²) in [6.45, 7) is 6.23. The first kappa shape index (κ1) is 13.0. The fraction of sp³-hybridized carbons (Fsp3) is 0.538.